The van der Waals surface area contributed by atoms with Gasteiger partial charge in [-0.2, -0.15) is 13.5 Å². The van der Waals surface area contributed by atoms with Crippen LogP contribution in [0.1, 0.15) is 24.1 Å². The Labute approximate surface area is 123 Å². The molecule has 8 heteroatoms. The van der Waals surface area contributed by atoms with Crippen molar-refractivity contribution in [1.82, 2.24) is 20.5 Å². The standard InChI is InChI=1S/C13H17N5O2S/c1-9-12(8-15-10-2-3-10)13(17-16-9)21(19,20)18-11-4-6-14-7-5-11/h4-7,10,15H,2-3,8H2,1H3,(H,14,18)(H,16,17). The number of anilines is 1. The lowest BCUT2D eigenvalue weighted by atomic mass is 10.2. The van der Waals surface area contributed by atoms with E-state index in [0.29, 0.717) is 23.8 Å². The molecule has 7 nitrogen and oxygen atoms in total. The third-order valence-corrected chi connectivity index (χ3v) is 4.72. The predicted octanol–water partition coefficient (Wildman–Crippen LogP) is 1.17. The van der Waals surface area contributed by atoms with Gasteiger partial charge in [-0.25, -0.2) is 0 Å². The van der Waals surface area contributed by atoms with Crippen LogP contribution in [0.4, 0.5) is 5.69 Å². The maximum Gasteiger partial charge on any atom is 0.281 e. The fourth-order valence-electron chi connectivity index (χ4n) is 2.02. The molecular weight excluding hydrogens is 290 g/mol. The lowest BCUT2D eigenvalue weighted by Crippen LogP contribution is -2.20. The van der Waals surface area contributed by atoms with E-state index in [9.17, 15) is 8.42 Å². The summed E-state index contributed by atoms with van der Waals surface area (Å²) in [6.07, 6.45) is 5.36. The van der Waals surface area contributed by atoms with Crippen LogP contribution in [0.3, 0.4) is 0 Å². The Bertz CT molecular complexity index is 722. The maximum absolute atomic E-state index is 12.5. The van der Waals surface area contributed by atoms with Crippen LogP contribution in [-0.4, -0.2) is 29.6 Å². The Morgan fingerprint density at radius 3 is 2.71 bits per heavy atom. The summed E-state index contributed by atoms with van der Waals surface area (Å²) in [5.41, 5.74) is 1.91. The van der Waals surface area contributed by atoms with Crippen molar-refractivity contribution in [2.24, 2.45) is 0 Å². The fraction of sp³-hybridized carbons (Fsp3) is 0.385. The minimum absolute atomic E-state index is 0.0463. The summed E-state index contributed by atoms with van der Waals surface area (Å²) >= 11 is 0. The van der Waals surface area contributed by atoms with Crippen LogP contribution in [0.25, 0.3) is 0 Å². The highest BCUT2D eigenvalue weighted by atomic mass is 32.2. The number of H-pyrrole nitrogens is 1. The average molecular weight is 307 g/mol. The minimum atomic E-state index is -3.71. The molecule has 0 aromatic carbocycles. The molecule has 0 amide bonds. The smallest absolute Gasteiger partial charge is 0.281 e. The Morgan fingerprint density at radius 1 is 1.33 bits per heavy atom. The number of nitrogens with zero attached hydrogens (tertiary/aromatic N) is 2. The van der Waals surface area contributed by atoms with Crippen LogP contribution < -0.4 is 10.0 Å². The Morgan fingerprint density at radius 2 is 2.05 bits per heavy atom. The molecule has 0 spiro atoms. The SMILES string of the molecule is Cc1[nH]nc(S(=O)(=O)Nc2ccncc2)c1CNC1CC1. The van der Waals surface area contributed by atoms with Crippen molar-refractivity contribution in [3.8, 4) is 0 Å². The van der Waals surface area contributed by atoms with E-state index in [-0.39, 0.29) is 5.03 Å². The van der Waals surface area contributed by atoms with E-state index in [1.807, 2.05) is 6.92 Å². The first-order chi connectivity index (χ1) is 10.1. The fourth-order valence-corrected chi connectivity index (χ4v) is 3.28. The number of aryl methyl sites for hydroxylation is 1. The molecule has 2 heterocycles. The summed E-state index contributed by atoms with van der Waals surface area (Å²) in [5, 5.41) is 10.1. The second-order valence-electron chi connectivity index (χ2n) is 5.13. The molecule has 21 heavy (non-hydrogen) atoms. The highest BCUT2D eigenvalue weighted by Gasteiger charge is 2.26. The largest absolute Gasteiger partial charge is 0.310 e. The summed E-state index contributed by atoms with van der Waals surface area (Å²) in [6, 6.07) is 3.70. The van der Waals surface area contributed by atoms with Gasteiger partial charge < -0.3 is 5.32 Å². The molecular formula is C13H17N5O2S. The lowest BCUT2D eigenvalue weighted by Gasteiger charge is -2.08. The monoisotopic (exact) mass is 307 g/mol. The predicted molar refractivity (Wildman–Crippen MR) is 78.2 cm³/mol. The second-order valence-corrected chi connectivity index (χ2v) is 6.73. The van der Waals surface area contributed by atoms with Crippen LogP contribution >= 0.6 is 0 Å². The topological polar surface area (TPSA) is 99.8 Å². The third kappa shape index (κ3) is 3.22. The first-order valence-electron chi connectivity index (χ1n) is 6.76. The first kappa shape index (κ1) is 14.0. The molecule has 0 saturated heterocycles. The normalized spacial score (nSPS) is 15.1. The van der Waals surface area contributed by atoms with Crippen molar-refractivity contribution >= 4 is 15.7 Å². The molecule has 0 radical (unpaired) electrons. The van der Waals surface area contributed by atoms with Crippen LogP contribution in [0.2, 0.25) is 0 Å². The molecule has 1 fully saturated rings. The van der Waals surface area contributed by atoms with Crippen molar-refractivity contribution in [1.29, 1.82) is 0 Å². The van der Waals surface area contributed by atoms with E-state index in [1.165, 1.54) is 12.4 Å². The van der Waals surface area contributed by atoms with Crippen molar-refractivity contribution in [2.75, 3.05) is 4.72 Å². The lowest BCUT2D eigenvalue weighted by molar-refractivity contribution is 0.593. The number of rotatable bonds is 6. The summed E-state index contributed by atoms with van der Waals surface area (Å²) in [5.74, 6) is 0. The molecule has 1 aliphatic rings. The Balaban J connectivity index is 1.84. The number of pyridine rings is 1. The molecule has 3 rings (SSSR count). The highest BCUT2D eigenvalue weighted by molar-refractivity contribution is 7.92. The molecule has 3 N–H and O–H groups in total. The van der Waals surface area contributed by atoms with E-state index < -0.39 is 10.0 Å². The van der Waals surface area contributed by atoms with Gasteiger partial charge in [-0.1, -0.05) is 0 Å². The van der Waals surface area contributed by atoms with E-state index in [2.05, 4.69) is 25.2 Å². The van der Waals surface area contributed by atoms with Crippen molar-refractivity contribution in [3.63, 3.8) is 0 Å². The number of nitrogens with one attached hydrogen (secondary N) is 3. The van der Waals surface area contributed by atoms with E-state index in [4.69, 9.17) is 0 Å². The zero-order valence-electron chi connectivity index (χ0n) is 11.6. The molecule has 1 aliphatic carbocycles. The van der Waals surface area contributed by atoms with Crippen molar-refractivity contribution in [3.05, 3.63) is 35.8 Å². The van der Waals surface area contributed by atoms with E-state index >= 15 is 0 Å². The third-order valence-electron chi connectivity index (χ3n) is 3.37. The van der Waals surface area contributed by atoms with E-state index in [0.717, 1.165) is 18.5 Å². The summed E-state index contributed by atoms with van der Waals surface area (Å²) in [6.45, 7) is 2.32. The molecule has 1 saturated carbocycles. The molecule has 0 atom stereocenters. The Kier molecular flexibility index (Phi) is 3.64. The number of aromatic amines is 1. The number of aromatic nitrogens is 3. The summed E-state index contributed by atoms with van der Waals surface area (Å²) < 4.78 is 27.4. The first-order valence-corrected chi connectivity index (χ1v) is 8.24. The number of sulfonamides is 1. The van der Waals surface area contributed by atoms with Gasteiger partial charge in [0.2, 0.25) is 5.03 Å². The average Bonchev–Trinajstić information content (AvgIpc) is 3.20. The van der Waals surface area contributed by atoms with E-state index in [1.54, 1.807) is 12.1 Å². The summed E-state index contributed by atoms with van der Waals surface area (Å²) in [4.78, 5) is 3.86. The zero-order valence-corrected chi connectivity index (χ0v) is 12.4. The molecule has 2 aromatic heterocycles. The van der Waals surface area contributed by atoms with Gasteiger partial charge in [0.15, 0.2) is 0 Å². The van der Waals surface area contributed by atoms with Crippen LogP contribution in [0, 0.1) is 6.92 Å². The molecule has 0 aliphatic heterocycles. The minimum Gasteiger partial charge on any atom is -0.310 e. The summed E-state index contributed by atoms with van der Waals surface area (Å²) in [7, 11) is -3.71. The maximum atomic E-state index is 12.5. The van der Waals surface area contributed by atoms with Crippen LogP contribution in [0.5, 0.6) is 0 Å². The van der Waals surface area contributed by atoms with Gasteiger partial charge >= 0.3 is 0 Å². The molecule has 0 unspecified atom stereocenters. The highest BCUT2D eigenvalue weighted by Crippen LogP contribution is 2.23. The second kappa shape index (κ2) is 5.45. The van der Waals surface area contributed by atoms with Gasteiger partial charge in [0, 0.05) is 36.2 Å². The molecule has 2 aromatic rings. The number of hydrogen-bond donors (Lipinski definition) is 3. The van der Waals surface area contributed by atoms with Crippen molar-refractivity contribution in [2.45, 2.75) is 37.4 Å². The van der Waals surface area contributed by atoms with Gasteiger partial charge in [0.25, 0.3) is 10.0 Å². The Hall–Kier alpha value is -1.93. The van der Waals surface area contributed by atoms with Gasteiger partial charge in [-0.05, 0) is 31.9 Å². The number of hydrogen-bond acceptors (Lipinski definition) is 5. The zero-order chi connectivity index (χ0) is 14.9. The molecule has 112 valence electrons. The quantitative estimate of drug-likeness (QED) is 0.744. The van der Waals surface area contributed by atoms with Gasteiger partial charge in [0.05, 0.1) is 5.69 Å². The van der Waals surface area contributed by atoms with Crippen LogP contribution in [0.15, 0.2) is 29.6 Å². The van der Waals surface area contributed by atoms with Crippen molar-refractivity contribution < 1.29 is 8.42 Å². The van der Waals surface area contributed by atoms with Crippen LogP contribution in [-0.2, 0) is 16.6 Å². The van der Waals surface area contributed by atoms with Gasteiger partial charge in [-0.3, -0.25) is 14.8 Å². The molecule has 0 bridgehead atoms. The van der Waals surface area contributed by atoms with Gasteiger partial charge in [0.1, 0.15) is 0 Å². The van der Waals surface area contributed by atoms with Gasteiger partial charge in [-0.15, -0.1) is 0 Å².